The molecule has 0 unspecified atom stereocenters. The van der Waals surface area contributed by atoms with E-state index < -0.39 is 0 Å². The van der Waals surface area contributed by atoms with E-state index in [1.54, 1.807) is 12.4 Å². The molecule has 0 fully saturated rings. The highest BCUT2D eigenvalue weighted by atomic mass is 79.9. The molecule has 0 saturated heterocycles. The minimum atomic E-state index is 0.697. The van der Waals surface area contributed by atoms with E-state index in [1.807, 2.05) is 45.9 Å². The lowest BCUT2D eigenvalue weighted by atomic mass is 10.2. The molecule has 34 heavy (non-hydrogen) atoms. The molecule has 6 nitrogen and oxygen atoms in total. The predicted molar refractivity (Wildman–Crippen MR) is 153 cm³/mol. The Labute approximate surface area is 229 Å². The highest BCUT2D eigenvalue weighted by molar-refractivity contribution is 9.10. The fraction of sp³-hybridized carbons (Fsp3) is 0.583. The topological polar surface area (TPSA) is 68.3 Å². The van der Waals surface area contributed by atoms with Crippen molar-refractivity contribution < 1.29 is 9.47 Å². The number of nitrogens with one attached hydrogen (secondary N) is 2. The van der Waals surface area contributed by atoms with Crippen molar-refractivity contribution in [3.63, 3.8) is 0 Å². The largest absolute Gasteiger partial charge is 0.478 e. The third-order valence-corrected chi connectivity index (χ3v) is 8.05. The summed E-state index contributed by atoms with van der Waals surface area (Å²) in [6.45, 7) is 5.76. The molecule has 2 aromatic heterocycles. The fourth-order valence-corrected chi connectivity index (χ4v) is 5.27. The molecule has 2 N–H and O–H groups in total. The number of halogens is 2. The minimum Gasteiger partial charge on any atom is -0.478 e. The summed E-state index contributed by atoms with van der Waals surface area (Å²) in [6.07, 6.45) is 10.4. The van der Waals surface area contributed by atoms with Crippen LogP contribution in [-0.2, 0) is 0 Å². The highest BCUT2D eigenvalue weighted by Gasteiger charge is 1.98. The molecule has 0 amide bonds. The van der Waals surface area contributed by atoms with E-state index >= 15 is 0 Å². The first-order chi connectivity index (χ1) is 16.7. The summed E-state index contributed by atoms with van der Waals surface area (Å²) < 4.78 is 13.2. The van der Waals surface area contributed by atoms with Gasteiger partial charge in [-0.25, -0.2) is 9.97 Å². The Bertz CT molecular complexity index is 679. The lowest BCUT2D eigenvalue weighted by Crippen LogP contribution is -2.19. The Morgan fingerprint density at radius 1 is 0.618 bits per heavy atom. The van der Waals surface area contributed by atoms with Crippen molar-refractivity contribution in [2.75, 3.05) is 50.9 Å². The van der Waals surface area contributed by atoms with Crippen molar-refractivity contribution in [1.29, 1.82) is 0 Å². The van der Waals surface area contributed by atoms with Gasteiger partial charge in [-0.2, -0.15) is 0 Å². The Kier molecular flexibility index (Phi) is 18.0. The van der Waals surface area contributed by atoms with Crippen LogP contribution in [0.25, 0.3) is 0 Å². The summed E-state index contributed by atoms with van der Waals surface area (Å²) in [6, 6.07) is 7.67. The van der Waals surface area contributed by atoms with Crippen LogP contribution in [0.3, 0.4) is 0 Å². The molecule has 0 aliphatic carbocycles. The van der Waals surface area contributed by atoms with Crippen LogP contribution in [0.5, 0.6) is 11.8 Å². The van der Waals surface area contributed by atoms with Crippen LogP contribution < -0.4 is 20.1 Å². The van der Waals surface area contributed by atoms with Crippen molar-refractivity contribution >= 4 is 53.4 Å². The maximum absolute atomic E-state index is 5.64. The van der Waals surface area contributed by atoms with Gasteiger partial charge in [0.1, 0.15) is 0 Å². The summed E-state index contributed by atoms with van der Waals surface area (Å²) >= 11 is 6.75. The van der Waals surface area contributed by atoms with E-state index in [2.05, 4.69) is 52.5 Å². The van der Waals surface area contributed by atoms with Crippen LogP contribution in [0, 0.1) is 0 Å². The SMILES string of the molecule is Brc1ccc(OCCCCCNCCSSCCNCCCCCOc2ccc(Br)cn2)nc1. The van der Waals surface area contributed by atoms with Crippen molar-refractivity contribution in [1.82, 2.24) is 20.6 Å². The standard InChI is InChI=1S/C24H36Br2N4O2S2/c25-21-7-9-23(29-19-21)31-15-5-1-3-11-27-13-17-33-34-18-14-28-12-4-2-6-16-32-24-10-8-22(26)20-30-24/h7-10,19-20,27-28H,1-6,11-18H2. The van der Waals surface area contributed by atoms with Gasteiger partial charge in [0.2, 0.25) is 11.8 Å². The second-order valence-electron chi connectivity index (χ2n) is 7.59. The minimum absolute atomic E-state index is 0.697. The molecule has 0 saturated carbocycles. The molecule has 0 atom stereocenters. The summed E-state index contributed by atoms with van der Waals surface area (Å²) in [4.78, 5) is 8.42. The zero-order chi connectivity index (χ0) is 24.1. The molecule has 10 heteroatoms. The predicted octanol–water partition coefficient (Wildman–Crippen LogP) is 6.36. The van der Waals surface area contributed by atoms with E-state index in [-0.39, 0.29) is 0 Å². The van der Waals surface area contributed by atoms with Crippen molar-refractivity contribution in [2.45, 2.75) is 38.5 Å². The van der Waals surface area contributed by atoms with Gasteiger partial charge in [0.15, 0.2) is 0 Å². The number of rotatable bonds is 21. The third-order valence-electron chi connectivity index (χ3n) is 4.70. The van der Waals surface area contributed by atoms with Gasteiger partial charge in [-0.05, 0) is 95.6 Å². The summed E-state index contributed by atoms with van der Waals surface area (Å²) in [5.74, 6) is 3.69. The Balaban J connectivity index is 1.22. The first-order valence-corrected chi connectivity index (χ1v) is 16.0. The molecular weight excluding hydrogens is 600 g/mol. The number of unbranched alkanes of at least 4 members (excludes halogenated alkanes) is 4. The van der Waals surface area contributed by atoms with Gasteiger partial charge in [0.05, 0.1) is 13.2 Å². The number of hydrogen-bond donors (Lipinski definition) is 2. The highest BCUT2D eigenvalue weighted by Crippen LogP contribution is 2.19. The molecule has 0 aliphatic rings. The molecule has 2 rings (SSSR count). The van der Waals surface area contributed by atoms with Crippen molar-refractivity contribution in [2.24, 2.45) is 0 Å². The average Bonchev–Trinajstić information content (AvgIpc) is 2.85. The van der Waals surface area contributed by atoms with Crippen LogP contribution >= 0.6 is 53.4 Å². The van der Waals surface area contributed by atoms with Crippen molar-refractivity contribution in [3.8, 4) is 11.8 Å². The van der Waals surface area contributed by atoms with Gasteiger partial charge < -0.3 is 20.1 Å². The number of hydrogen-bond acceptors (Lipinski definition) is 8. The van der Waals surface area contributed by atoms with Gasteiger partial charge in [-0.15, -0.1) is 0 Å². The summed E-state index contributed by atoms with van der Waals surface area (Å²) in [7, 11) is 3.91. The normalized spacial score (nSPS) is 11.0. The zero-order valence-corrected chi connectivity index (χ0v) is 24.5. The summed E-state index contributed by atoms with van der Waals surface area (Å²) in [5.41, 5.74) is 0. The number of aromatic nitrogens is 2. The maximum atomic E-state index is 5.64. The Morgan fingerprint density at radius 2 is 1.09 bits per heavy atom. The first kappa shape index (κ1) is 29.7. The van der Waals surface area contributed by atoms with Gasteiger partial charge in [-0.3, -0.25) is 0 Å². The summed E-state index contributed by atoms with van der Waals surface area (Å²) in [5, 5.41) is 7.05. The van der Waals surface area contributed by atoms with Gasteiger partial charge >= 0.3 is 0 Å². The van der Waals surface area contributed by atoms with Gasteiger partial charge in [0.25, 0.3) is 0 Å². The molecule has 0 spiro atoms. The van der Waals surface area contributed by atoms with Crippen LogP contribution in [0.4, 0.5) is 0 Å². The Morgan fingerprint density at radius 3 is 1.50 bits per heavy atom. The van der Waals surface area contributed by atoms with Crippen LogP contribution in [0.2, 0.25) is 0 Å². The molecule has 190 valence electrons. The van der Waals surface area contributed by atoms with Crippen LogP contribution in [-0.4, -0.2) is 60.9 Å². The molecule has 0 aliphatic heterocycles. The zero-order valence-electron chi connectivity index (χ0n) is 19.6. The second-order valence-corrected chi connectivity index (χ2v) is 12.1. The van der Waals surface area contributed by atoms with Crippen LogP contribution in [0.1, 0.15) is 38.5 Å². The molecular formula is C24H36Br2N4O2S2. The monoisotopic (exact) mass is 634 g/mol. The number of pyridine rings is 2. The molecule has 0 bridgehead atoms. The smallest absolute Gasteiger partial charge is 0.213 e. The lowest BCUT2D eigenvalue weighted by molar-refractivity contribution is 0.293. The van der Waals surface area contributed by atoms with E-state index in [0.29, 0.717) is 11.8 Å². The number of ether oxygens (including phenoxy) is 2. The Hall–Kier alpha value is -0.520. The lowest BCUT2D eigenvalue weighted by Gasteiger charge is -2.07. The van der Waals surface area contributed by atoms with E-state index in [9.17, 15) is 0 Å². The first-order valence-electron chi connectivity index (χ1n) is 11.9. The van der Waals surface area contributed by atoms with E-state index in [4.69, 9.17) is 9.47 Å². The quantitative estimate of drug-likeness (QED) is 0.121. The molecule has 0 radical (unpaired) electrons. The third kappa shape index (κ3) is 16.2. The second kappa shape index (κ2) is 20.7. The molecule has 2 aromatic rings. The average molecular weight is 637 g/mol. The molecule has 0 aromatic carbocycles. The van der Waals surface area contributed by atoms with Crippen molar-refractivity contribution in [3.05, 3.63) is 45.6 Å². The van der Waals surface area contributed by atoms with E-state index in [1.165, 1.54) is 25.7 Å². The molecule has 2 heterocycles. The van der Waals surface area contributed by atoms with Gasteiger partial charge in [-0.1, -0.05) is 21.6 Å². The van der Waals surface area contributed by atoms with E-state index in [0.717, 1.165) is 72.7 Å². The van der Waals surface area contributed by atoms with Gasteiger partial charge in [0, 0.05) is 58.1 Å². The fourth-order valence-electron chi connectivity index (χ4n) is 2.90. The maximum Gasteiger partial charge on any atom is 0.213 e. The van der Waals surface area contributed by atoms with Crippen LogP contribution in [0.15, 0.2) is 45.6 Å². The number of nitrogens with zero attached hydrogens (tertiary/aromatic N) is 2.